The Balaban J connectivity index is 1.46. The van der Waals surface area contributed by atoms with Gasteiger partial charge in [0.15, 0.2) is 0 Å². The van der Waals surface area contributed by atoms with E-state index in [0.29, 0.717) is 17.9 Å². The lowest BCUT2D eigenvalue weighted by molar-refractivity contribution is 0.0954. The van der Waals surface area contributed by atoms with Crippen LogP contribution in [0.25, 0.3) is 0 Å². The van der Waals surface area contributed by atoms with E-state index in [9.17, 15) is 4.79 Å². The predicted octanol–water partition coefficient (Wildman–Crippen LogP) is 2.65. The third-order valence-corrected chi connectivity index (χ3v) is 4.42. The fourth-order valence-electron chi connectivity index (χ4n) is 2.91. The van der Waals surface area contributed by atoms with Gasteiger partial charge in [-0.25, -0.2) is 4.98 Å². The second kappa shape index (κ2) is 9.20. The number of carbonyl (C=O) groups excluding carboxylic acids is 1. The SMILES string of the molecule is COc1ccc(CCNC(=O)c2ccnc(NCC3CCCO3)c2)cc1. The molecule has 1 amide bonds. The molecule has 0 aliphatic carbocycles. The summed E-state index contributed by atoms with van der Waals surface area (Å²) in [5, 5.41) is 6.20. The molecular formula is C20H25N3O3. The lowest BCUT2D eigenvalue weighted by atomic mass is 10.1. The van der Waals surface area contributed by atoms with Crippen molar-refractivity contribution in [2.45, 2.75) is 25.4 Å². The van der Waals surface area contributed by atoms with Gasteiger partial charge in [-0.1, -0.05) is 12.1 Å². The topological polar surface area (TPSA) is 72.5 Å². The van der Waals surface area contributed by atoms with Crippen molar-refractivity contribution in [3.63, 3.8) is 0 Å². The van der Waals surface area contributed by atoms with Gasteiger partial charge in [-0.2, -0.15) is 0 Å². The molecule has 6 nitrogen and oxygen atoms in total. The quantitative estimate of drug-likeness (QED) is 0.762. The highest BCUT2D eigenvalue weighted by Gasteiger charge is 2.15. The highest BCUT2D eigenvalue weighted by Crippen LogP contribution is 2.14. The Morgan fingerprint density at radius 2 is 2.15 bits per heavy atom. The Morgan fingerprint density at radius 1 is 1.31 bits per heavy atom. The summed E-state index contributed by atoms with van der Waals surface area (Å²) in [5.41, 5.74) is 1.75. The van der Waals surface area contributed by atoms with Crippen LogP contribution in [-0.4, -0.2) is 43.8 Å². The molecule has 0 radical (unpaired) electrons. The van der Waals surface area contributed by atoms with E-state index >= 15 is 0 Å². The van der Waals surface area contributed by atoms with Gasteiger partial charge < -0.3 is 20.1 Å². The van der Waals surface area contributed by atoms with E-state index in [-0.39, 0.29) is 12.0 Å². The van der Waals surface area contributed by atoms with Crippen LogP contribution >= 0.6 is 0 Å². The molecular weight excluding hydrogens is 330 g/mol. The molecule has 0 bridgehead atoms. The number of anilines is 1. The highest BCUT2D eigenvalue weighted by atomic mass is 16.5. The van der Waals surface area contributed by atoms with E-state index < -0.39 is 0 Å². The number of amides is 1. The Morgan fingerprint density at radius 3 is 2.88 bits per heavy atom. The van der Waals surface area contributed by atoms with Gasteiger partial charge in [0.2, 0.25) is 0 Å². The molecule has 2 heterocycles. The average Bonchev–Trinajstić information content (AvgIpc) is 3.21. The van der Waals surface area contributed by atoms with Crippen LogP contribution in [0.3, 0.4) is 0 Å². The number of hydrogen-bond donors (Lipinski definition) is 2. The zero-order valence-corrected chi connectivity index (χ0v) is 15.0. The fraction of sp³-hybridized carbons (Fsp3) is 0.400. The summed E-state index contributed by atoms with van der Waals surface area (Å²) in [6.07, 6.45) is 4.83. The summed E-state index contributed by atoms with van der Waals surface area (Å²) in [6.45, 7) is 2.12. The van der Waals surface area contributed by atoms with Gasteiger partial charge in [-0.3, -0.25) is 4.79 Å². The molecule has 0 spiro atoms. The van der Waals surface area contributed by atoms with E-state index in [1.165, 1.54) is 0 Å². The molecule has 6 heteroatoms. The number of rotatable bonds is 8. The van der Waals surface area contributed by atoms with E-state index in [2.05, 4.69) is 15.6 Å². The minimum Gasteiger partial charge on any atom is -0.497 e. The zero-order valence-electron chi connectivity index (χ0n) is 15.0. The van der Waals surface area contributed by atoms with Gasteiger partial charge in [0, 0.05) is 31.5 Å². The first kappa shape index (κ1) is 18.2. The Labute approximate surface area is 153 Å². The van der Waals surface area contributed by atoms with Crippen LogP contribution in [0.1, 0.15) is 28.8 Å². The fourth-order valence-corrected chi connectivity index (χ4v) is 2.91. The number of carbonyl (C=O) groups is 1. The van der Waals surface area contributed by atoms with Crippen molar-refractivity contribution in [1.29, 1.82) is 0 Å². The molecule has 26 heavy (non-hydrogen) atoms. The summed E-state index contributed by atoms with van der Waals surface area (Å²) < 4.78 is 10.7. The molecule has 138 valence electrons. The summed E-state index contributed by atoms with van der Waals surface area (Å²) in [6, 6.07) is 11.4. The molecule has 1 aliphatic heterocycles. The Hall–Kier alpha value is -2.60. The van der Waals surface area contributed by atoms with Crippen LogP contribution in [0.2, 0.25) is 0 Å². The van der Waals surface area contributed by atoms with Crippen LogP contribution in [0.15, 0.2) is 42.6 Å². The minimum absolute atomic E-state index is 0.0962. The van der Waals surface area contributed by atoms with Crippen molar-refractivity contribution in [3.05, 3.63) is 53.7 Å². The standard InChI is InChI=1S/C20H25N3O3/c1-25-17-6-4-15(5-7-17)8-10-22-20(24)16-9-11-21-19(13-16)23-14-18-3-2-12-26-18/h4-7,9,11,13,18H,2-3,8,10,12,14H2,1H3,(H,21,23)(H,22,24). The largest absolute Gasteiger partial charge is 0.497 e. The van der Waals surface area contributed by atoms with Crippen LogP contribution < -0.4 is 15.4 Å². The lowest BCUT2D eigenvalue weighted by Gasteiger charge is -2.12. The number of pyridine rings is 1. The van der Waals surface area contributed by atoms with Crippen LogP contribution in [0.5, 0.6) is 5.75 Å². The molecule has 1 aromatic carbocycles. The normalized spacial score (nSPS) is 16.3. The second-order valence-corrected chi connectivity index (χ2v) is 6.30. The number of nitrogens with one attached hydrogen (secondary N) is 2. The first-order valence-electron chi connectivity index (χ1n) is 8.97. The van der Waals surface area contributed by atoms with Crippen LogP contribution in [0.4, 0.5) is 5.82 Å². The molecule has 1 unspecified atom stereocenters. The van der Waals surface area contributed by atoms with Crippen molar-refractivity contribution in [2.24, 2.45) is 0 Å². The maximum atomic E-state index is 12.3. The number of methoxy groups -OCH3 is 1. The van der Waals surface area contributed by atoms with Gasteiger partial charge in [-0.15, -0.1) is 0 Å². The van der Waals surface area contributed by atoms with Gasteiger partial charge >= 0.3 is 0 Å². The van der Waals surface area contributed by atoms with Crippen molar-refractivity contribution in [2.75, 3.05) is 32.1 Å². The zero-order chi connectivity index (χ0) is 18.2. The minimum atomic E-state index is -0.0962. The molecule has 1 aliphatic rings. The highest BCUT2D eigenvalue weighted by molar-refractivity contribution is 5.94. The van der Waals surface area contributed by atoms with E-state index in [1.54, 1.807) is 25.4 Å². The monoisotopic (exact) mass is 355 g/mol. The number of nitrogens with zero attached hydrogens (tertiary/aromatic N) is 1. The smallest absolute Gasteiger partial charge is 0.251 e. The third kappa shape index (κ3) is 5.20. The molecule has 0 saturated carbocycles. The Bertz CT molecular complexity index is 712. The molecule has 2 aromatic rings. The van der Waals surface area contributed by atoms with Crippen LogP contribution in [0, 0.1) is 0 Å². The Kier molecular flexibility index (Phi) is 6.44. The van der Waals surface area contributed by atoms with Gasteiger partial charge in [0.05, 0.1) is 13.2 Å². The third-order valence-electron chi connectivity index (χ3n) is 4.42. The summed E-state index contributed by atoms with van der Waals surface area (Å²) in [5.74, 6) is 1.43. The lowest BCUT2D eigenvalue weighted by Crippen LogP contribution is -2.26. The van der Waals surface area contributed by atoms with Gasteiger partial charge in [0.1, 0.15) is 11.6 Å². The van der Waals surface area contributed by atoms with Gasteiger partial charge in [0.25, 0.3) is 5.91 Å². The van der Waals surface area contributed by atoms with Crippen molar-refractivity contribution in [3.8, 4) is 5.75 Å². The molecule has 2 N–H and O–H groups in total. The van der Waals surface area contributed by atoms with E-state index in [4.69, 9.17) is 9.47 Å². The maximum Gasteiger partial charge on any atom is 0.251 e. The van der Waals surface area contributed by atoms with Gasteiger partial charge in [-0.05, 0) is 49.1 Å². The number of hydrogen-bond acceptors (Lipinski definition) is 5. The average molecular weight is 355 g/mol. The second-order valence-electron chi connectivity index (χ2n) is 6.30. The molecule has 1 saturated heterocycles. The van der Waals surface area contributed by atoms with Crippen LogP contribution in [-0.2, 0) is 11.2 Å². The molecule has 3 rings (SSSR count). The van der Waals surface area contributed by atoms with Crippen molar-refractivity contribution >= 4 is 11.7 Å². The predicted molar refractivity (Wildman–Crippen MR) is 101 cm³/mol. The number of aromatic nitrogens is 1. The number of ether oxygens (including phenoxy) is 2. The van der Waals surface area contributed by atoms with Crippen molar-refractivity contribution in [1.82, 2.24) is 10.3 Å². The molecule has 1 fully saturated rings. The summed E-state index contributed by atoms with van der Waals surface area (Å²) >= 11 is 0. The molecule has 1 atom stereocenters. The first-order valence-corrected chi connectivity index (χ1v) is 8.97. The van der Waals surface area contributed by atoms with Crippen molar-refractivity contribution < 1.29 is 14.3 Å². The first-order chi connectivity index (χ1) is 12.7. The maximum absolute atomic E-state index is 12.3. The number of benzene rings is 1. The van der Waals surface area contributed by atoms with E-state index in [1.807, 2.05) is 24.3 Å². The summed E-state index contributed by atoms with van der Waals surface area (Å²) in [7, 11) is 1.65. The van der Waals surface area contributed by atoms with E-state index in [0.717, 1.165) is 43.7 Å². The molecule has 1 aromatic heterocycles. The summed E-state index contributed by atoms with van der Waals surface area (Å²) in [4.78, 5) is 16.6.